The van der Waals surface area contributed by atoms with Gasteiger partial charge in [-0.25, -0.2) is 0 Å². The van der Waals surface area contributed by atoms with Gasteiger partial charge in [-0.15, -0.1) is 0 Å². The van der Waals surface area contributed by atoms with Gasteiger partial charge < -0.3 is 18.8 Å². The predicted octanol–water partition coefficient (Wildman–Crippen LogP) is 0.843. The Bertz CT molecular complexity index is 443. The van der Waals surface area contributed by atoms with E-state index in [1.807, 2.05) is 4.90 Å². The number of hydrogen-bond donors (Lipinski definition) is 0. The number of carbonyl (C=O) groups is 1. The van der Waals surface area contributed by atoms with Crippen molar-refractivity contribution in [3.63, 3.8) is 0 Å². The van der Waals surface area contributed by atoms with Crippen molar-refractivity contribution >= 4 is 5.91 Å². The molecule has 1 aromatic heterocycles. The maximum absolute atomic E-state index is 12.3. The van der Waals surface area contributed by atoms with Crippen LogP contribution in [0, 0.1) is 0 Å². The highest BCUT2D eigenvalue weighted by molar-refractivity contribution is 5.93. The number of ether oxygens (including phenoxy) is 2. The van der Waals surface area contributed by atoms with Gasteiger partial charge in [-0.05, 0) is 19.0 Å². The lowest BCUT2D eigenvalue weighted by molar-refractivity contribution is -0.0971. The lowest BCUT2D eigenvalue weighted by Crippen LogP contribution is -2.42. The van der Waals surface area contributed by atoms with Gasteiger partial charge in [-0.3, -0.25) is 9.69 Å². The van der Waals surface area contributed by atoms with E-state index in [0.717, 1.165) is 39.1 Å². The number of amides is 1. The molecule has 0 saturated carbocycles. The molecular formula is C15H22N2O4. The molecule has 2 fully saturated rings. The maximum Gasteiger partial charge on any atom is 0.257 e. The molecule has 21 heavy (non-hydrogen) atoms. The summed E-state index contributed by atoms with van der Waals surface area (Å²) in [5.74, 6) is 0.0582. The molecule has 2 aliphatic rings. The second-order valence-electron chi connectivity index (χ2n) is 5.53. The van der Waals surface area contributed by atoms with E-state index in [1.165, 1.54) is 12.5 Å². The molecule has 0 aliphatic carbocycles. The summed E-state index contributed by atoms with van der Waals surface area (Å²) in [5, 5.41) is 0. The van der Waals surface area contributed by atoms with Crippen LogP contribution in [0.5, 0.6) is 0 Å². The molecule has 3 heterocycles. The van der Waals surface area contributed by atoms with E-state index in [4.69, 9.17) is 13.9 Å². The lowest BCUT2D eigenvalue weighted by atomic mass is 10.3. The van der Waals surface area contributed by atoms with E-state index in [0.29, 0.717) is 25.4 Å². The first-order valence-electron chi connectivity index (χ1n) is 7.56. The number of rotatable bonds is 3. The van der Waals surface area contributed by atoms with Crippen molar-refractivity contribution < 1.29 is 18.7 Å². The van der Waals surface area contributed by atoms with Gasteiger partial charge in [-0.2, -0.15) is 0 Å². The fourth-order valence-electron chi connectivity index (χ4n) is 2.86. The van der Waals surface area contributed by atoms with Crippen LogP contribution >= 0.6 is 0 Å². The SMILES string of the molecule is O=C(c1ccoc1)N1CCCN(CC2COCCO2)CC1. The average Bonchev–Trinajstić information content (AvgIpc) is 2.95. The summed E-state index contributed by atoms with van der Waals surface area (Å²) in [6, 6.07) is 1.72. The molecular weight excluding hydrogens is 272 g/mol. The molecule has 1 atom stereocenters. The zero-order valence-electron chi connectivity index (χ0n) is 12.2. The summed E-state index contributed by atoms with van der Waals surface area (Å²) in [4.78, 5) is 16.6. The normalized spacial score (nSPS) is 24.8. The molecule has 6 heteroatoms. The first-order valence-corrected chi connectivity index (χ1v) is 7.56. The summed E-state index contributed by atoms with van der Waals surface area (Å²) in [7, 11) is 0. The Balaban J connectivity index is 1.50. The van der Waals surface area contributed by atoms with E-state index >= 15 is 0 Å². The van der Waals surface area contributed by atoms with Crippen molar-refractivity contribution in [3.05, 3.63) is 24.2 Å². The van der Waals surface area contributed by atoms with Crippen molar-refractivity contribution in [1.29, 1.82) is 0 Å². The number of carbonyl (C=O) groups excluding carboxylic acids is 1. The fourth-order valence-corrected chi connectivity index (χ4v) is 2.86. The molecule has 2 aliphatic heterocycles. The molecule has 3 rings (SSSR count). The summed E-state index contributed by atoms with van der Waals surface area (Å²) in [6.45, 7) is 6.35. The number of furan rings is 1. The first-order chi connectivity index (χ1) is 10.3. The highest BCUT2D eigenvalue weighted by atomic mass is 16.6. The van der Waals surface area contributed by atoms with Crippen molar-refractivity contribution in [1.82, 2.24) is 9.80 Å². The number of nitrogens with zero attached hydrogens (tertiary/aromatic N) is 2. The molecule has 0 bridgehead atoms. The monoisotopic (exact) mass is 294 g/mol. The molecule has 1 unspecified atom stereocenters. The summed E-state index contributed by atoms with van der Waals surface area (Å²) >= 11 is 0. The zero-order valence-corrected chi connectivity index (χ0v) is 12.2. The average molecular weight is 294 g/mol. The maximum atomic E-state index is 12.3. The Kier molecular flexibility index (Phi) is 4.90. The molecule has 0 radical (unpaired) electrons. The van der Waals surface area contributed by atoms with Crippen LogP contribution < -0.4 is 0 Å². The molecule has 1 amide bonds. The van der Waals surface area contributed by atoms with E-state index < -0.39 is 0 Å². The van der Waals surface area contributed by atoms with Gasteiger partial charge >= 0.3 is 0 Å². The molecule has 1 aromatic rings. The van der Waals surface area contributed by atoms with Crippen LogP contribution in [0.25, 0.3) is 0 Å². The van der Waals surface area contributed by atoms with Gasteiger partial charge in [0.05, 0.1) is 37.8 Å². The molecule has 0 aromatic carbocycles. The second-order valence-corrected chi connectivity index (χ2v) is 5.53. The molecule has 0 N–H and O–H groups in total. The summed E-state index contributed by atoms with van der Waals surface area (Å²) in [6.07, 6.45) is 4.20. The van der Waals surface area contributed by atoms with E-state index in [9.17, 15) is 4.79 Å². The van der Waals surface area contributed by atoms with Crippen LogP contribution in [0.15, 0.2) is 23.0 Å². The van der Waals surface area contributed by atoms with Gasteiger partial charge in [0, 0.05) is 26.2 Å². The molecule has 2 saturated heterocycles. The Hall–Kier alpha value is -1.37. The van der Waals surface area contributed by atoms with Gasteiger partial charge in [0.15, 0.2) is 0 Å². The van der Waals surface area contributed by atoms with Gasteiger partial charge in [0.1, 0.15) is 6.26 Å². The summed E-state index contributed by atoms with van der Waals surface area (Å²) < 4.78 is 16.1. The molecule has 6 nitrogen and oxygen atoms in total. The third-order valence-electron chi connectivity index (χ3n) is 3.99. The van der Waals surface area contributed by atoms with Crippen molar-refractivity contribution in [2.24, 2.45) is 0 Å². The van der Waals surface area contributed by atoms with E-state index in [1.54, 1.807) is 6.07 Å². The van der Waals surface area contributed by atoms with E-state index in [-0.39, 0.29) is 12.0 Å². The Labute approximate surface area is 124 Å². The highest BCUT2D eigenvalue weighted by Gasteiger charge is 2.23. The zero-order chi connectivity index (χ0) is 14.5. The quantitative estimate of drug-likeness (QED) is 0.827. The van der Waals surface area contributed by atoms with Gasteiger partial charge in [0.2, 0.25) is 0 Å². The predicted molar refractivity (Wildman–Crippen MR) is 76.2 cm³/mol. The lowest BCUT2D eigenvalue weighted by Gasteiger charge is -2.29. The van der Waals surface area contributed by atoms with Crippen LogP contribution in [0.3, 0.4) is 0 Å². The van der Waals surface area contributed by atoms with Crippen molar-refractivity contribution in [2.45, 2.75) is 12.5 Å². The van der Waals surface area contributed by atoms with Gasteiger partial charge in [-0.1, -0.05) is 0 Å². The van der Waals surface area contributed by atoms with Crippen molar-refractivity contribution in [3.8, 4) is 0 Å². The third kappa shape index (κ3) is 3.84. The largest absolute Gasteiger partial charge is 0.472 e. The standard InChI is InChI=1S/C15H22N2O4/c18-15(13-2-7-19-11-13)17-4-1-3-16(5-6-17)10-14-12-20-8-9-21-14/h2,7,11,14H,1,3-6,8-10,12H2. The molecule has 0 spiro atoms. The van der Waals surface area contributed by atoms with Gasteiger partial charge in [0.25, 0.3) is 5.91 Å². The minimum atomic E-state index is 0.0582. The Morgan fingerprint density at radius 3 is 2.95 bits per heavy atom. The second kappa shape index (κ2) is 7.06. The Morgan fingerprint density at radius 2 is 2.19 bits per heavy atom. The fraction of sp³-hybridized carbons (Fsp3) is 0.667. The van der Waals surface area contributed by atoms with Crippen LogP contribution in [0.2, 0.25) is 0 Å². The van der Waals surface area contributed by atoms with Crippen LogP contribution in [-0.2, 0) is 9.47 Å². The Morgan fingerprint density at radius 1 is 1.24 bits per heavy atom. The highest BCUT2D eigenvalue weighted by Crippen LogP contribution is 2.11. The van der Waals surface area contributed by atoms with Crippen LogP contribution in [-0.4, -0.2) is 74.4 Å². The number of hydrogen-bond acceptors (Lipinski definition) is 5. The van der Waals surface area contributed by atoms with E-state index in [2.05, 4.69) is 4.90 Å². The van der Waals surface area contributed by atoms with Crippen molar-refractivity contribution in [2.75, 3.05) is 52.5 Å². The topological polar surface area (TPSA) is 55.2 Å². The smallest absolute Gasteiger partial charge is 0.257 e. The third-order valence-corrected chi connectivity index (χ3v) is 3.99. The first kappa shape index (κ1) is 14.6. The minimum Gasteiger partial charge on any atom is -0.472 e. The minimum absolute atomic E-state index is 0.0582. The van der Waals surface area contributed by atoms with Crippen LogP contribution in [0.4, 0.5) is 0 Å². The molecule has 116 valence electrons. The summed E-state index contributed by atoms with van der Waals surface area (Å²) in [5.41, 5.74) is 0.632. The van der Waals surface area contributed by atoms with Crippen LogP contribution in [0.1, 0.15) is 16.8 Å².